The van der Waals surface area contributed by atoms with Crippen LogP contribution in [0.4, 0.5) is 11.4 Å². The second-order valence-corrected chi connectivity index (χ2v) is 8.20. The highest BCUT2D eigenvalue weighted by Gasteiger charge is 2.29. The van der Waals surface area contributed by atoms with E-state index in [2.05, 4.69) is 36.1 Å². The predicted octanol–water partition coefficient (Wildman–Crippen LogP) is 1.28. The molecule has 1 amide bonds. The Hall–Kier alpha value is -2.97. The molecule has 0 radical (unpaired) electrons. The van der Waals surface area contributed by atoms with Gasteiger partial charge in [0.25, 0.3) is 11.6 Å². The normalized spacial score (nSPS) is 17.6. The van der Waals surface area contributed by atoms with E-state index < -0.39 is 4.92 Å². The van der Waals surface area contributed by atoms with Crippen LogP contribution in [0.25, 0.3) is 0 Å². The lowest BCUT2D eigenvalue weighted by Crippen LogP contribution is -3.13. The summed E-state index contributed by atoms with van der Waals surface area (Å²) in [4.78, 5) is 29.7. The largest absolute Gasteiger partial charge is 0.378 e. The number of nitrogens with zero attached hydrogens (tertiary/aromatic N) is 3. The molecular weight excluding hydrogens is 396 g/mol. The number of benzene rings is 2. The lowest BCUT2D eigenvalue weighted by molar-refractivity contribution is -0.917. The molecule has 0 aromatic heterocycles. The summed E-state index contributed by atoms with van der Waals surface area (Å²) in [6.45, 7) is 8.62. The first-order chi connectivity index (χ1) is 15.0. The number of aryl methyl sites for hydroxylation is 1. The number of quaternary nitrogens is 1. The van der Waals surface area contributed by atoms with E-state index >= 15 is 0 Å². The van der Waals surface area contributed by atoms with Crippen molar-refractivity contribution >= 4 is 17.3 Å². The molecule has 2 aliphatic rings. The summed E-state index contributed by atoms with van der Waals surface area (Å²) < 4.78 is 5.42. The first-order valence-electron chi connectivity index (χ1n) is 10.8. The average Bonchev–Trinajstić information content (AvgIpc) is 2.81. The number of anilines is 1. The molecule has 8 nitrogen and oxygen atoms in total. The van der Waals surface area contributed by atoms with Gasteiger partial charge in [0.15, 0.2) is 0 Å². The number of carbonyl (C=O) groups is 1. The molecule has 8 heteroatoms. The number of nitro groups is 1. The van der Waals surface area contributed by atoms with Crippen LogP contribution in [0.3, 0.4) is 0 Å². The molecule has 0 bridgehead atoms. The van der Waals surface area contributed by atoms with E-state index in [4.69, 9.17) is 4.74 Å². The minimum Gasteiger partial charge on any atom is -0.378 e. The summed E-state index contributed by atoms with van der Waals surface area (Å²) in [5.41, 5.74) is 3.75. The summed E-state index contributed by atoms with van der Waals surface area (Å²) in [5.74, 6) is -0.125. The monoisotopic (exact) mass is 425 g/mol. The third kappa shape index (κ3) is 4.86. The minimum atomic E-state index is -0.440. The number of hydrogen-bond acceptors (Lipinski definition) is 5. The lowest BCUT2D eigenvalue weighted by atomic mass is 10.1. The lowest BCUT2D eigenvalue weighted by Gasteiger charge is -2.34. The van der Waals surface area contributed by atoms with Crippen molar-refractivity contribution in [3.05, 3.63) is 69.3 Å². The maximum absolute atomic E-state index is 13.4. The number of carbonyl (C=O) groups excluding carboxylic acids is 1. The van der Waals surface area contributed by atoms with Gasteiger partial charge in [0.05, 0.1) is 55.6 Å². The molecule has 2 aromatic carbocycles. The molecule has 2 aromatic rings. The molecule has 1 N–H and O–H groups in total. The SMILES string of the molecule is Cc1ccccc1C[NH+]1CCN(C(=O)c2cc([N+](=O)[O-])ccc2N2CCOCC2)CC1. The van der Waals surface area contributed by atoms with Crippen molar-refractivity contribution in [2.45, 2.75) is 13.5 Å². The van der Waals surface area contributed by atoms with Gasteiger partial charge in [-0.25, -0.2) is 0 Å². The minimum absolute atomic E-state index is 0.0517. The van der Waals surface area contributed by atoms with Crippen LogP contribution in [0.15, 0.2) is 42.5 Å². The number of nitrogens with one attached hydrogen (secondary N) is 1. The molecule has 4 rings (SSSR count). The van der Waals surface area contributed by atoms with Gasteiger partial charge in [-0.15, -0.1) is 0 Å². The highest BCUT2D eigenvalue weighted by molar-refractivity contribution is 6.00. The van der Waals surface area contributed by atoms with Crippen LogP contribution < -0.4 is 9.80 Å². The Balaban J connectivity index is 1.48. The van der Waals surface area contributed by atoms with Crippen molar-refractivity contribution < 1.29 is 19.4 Å². The molecular formula is C23H29N4O4+. The van der Waals surface area contributed by atoms with Gasteiger partial charge in [-0.05, 0) is 18.6 Å². The second-order valence-electron chi connectivity index (χ2n) is 8.20. The van der Waals surface area contributed by atoms with Crippen molar-refractivity contribution in [2.75, 3.05) is 57.4 Å². The van der Waals surface area contributed by atoms with E-state index in [1.807, 2.05) is 4.90 Å². The smallest absolute Gasteiger partial charge is 0.270 e. The first kappa shape index (κ1) is 21.3. The molecule has 2 fully saturated rings. The van der Waals surface area contributed by atoms with Crippen LogP contribution in [0.5, 0.6) is 0 Å². The molecule has 2 aliphatic heterocycles. The van der Waals surface area contributed by atoms with Gasteiger partial charge in [0, 0.05) is 30.8 Å². The maximum Gasteiger partial charge on any atom is 0.270 e. The standard InChI is InChI=1S/C23H28N4O4/c1-18-4-2-3-5-19(18)17-24-8-10-26(11-9-24)23(28)21-16-20(27(29)30)6-7-22(21)25-12-14-31-15-13-25/h2-7,16H,8-15,17H2,1H3/p+1. The number of amides is 1. The molecule has 164 valence electrons. The molecule has 0 spiro atoms. The van der Waals surface area contributed by atoms with Gasteiger partial charge in [-0.1, -0.05) is 24.3 Å². The zero-order valence-electron chi connectivity index (χ0n) is 17.9. The van der Waals surface area contributed by atoms with Crippen LogP contribution in [0, 0.1) is 17.0 Å². The van der Waals surface area contributed by atoms with E-state index in [9.17, 15) is 14.9 Å². The maximum atomic E-state index is 13.4. The number of non-ortho nitro benzene ring substituents is 1. The molecule has 0 unspecified atom stereocenters. The summed E-state index contributed by atoms with van der Waals surface area (Å²) in [6, 6.07) is 13.0. The Kier molecular flexibility index (Phi) is 6.48. The van der Waals surface area contributed by atoms with Gasteiger partial charge >= 0.3 is 0 Å². The third-order valence-electron chi connectivity index (χ3n) is 6.23. The Morgan fingerprint density at radius 3 is 2.48 bits per heavy atom. The van der Waals surface area contributed by atoms with Crippen LogP contribution in [-0.4, -0.2) is 68.2 Å². The molecule has 0 aliphatic carbocycles. The molecule has 2 saturated heterocycles. The van der Waals surface area contributed by atoms with Crippen molar-refractivity contribution in [1.82, 2.24) is 4.90 Å². The zero-order valence-corrected chi connectivity index (χ0v) is 17.9. The van der Waals surface area contributed by atoms with E-state index in [0.717, 1.165) is 25.3 Å². The Bertz CT molecular complexity index is 950. The van der Waals surface area contributed by atoms with Gasteiger partial charge < -0.3 is 19.4 Å². The van der Waals surface area contributed by atoms with Gasteiger partial charge in [-0.3, -0.25) is 14.9 Å². The number of rotatable bonds is 5. The quantitative estimate of drug-likeness (QED) is 0.577. The fourth-order valence-electron chi connectivity index (χ4n) is 4.34. The van der Waals surface area contributed by atoms with Crippen molar-refractivity contribution in [3.63, 3.8) is 0 Å². The molecule has 2 heterocycles. The summed E-state index contributed by atoms with van der Waals surface area (Å²) >= 11 is 0. The molecule has 0 atom stereocenters. The zero-order chi connectivity index (χ0) is 21.8. The summed E-state index contributed by atoms with van der Waals surface area (Å²) in [5, 5.41) is 11.3. The Labute approximate surface area is 182 Å². The van der Waals surface area contributed by atoms with Crippen molar-refractivity contribution in [3.8, 4) is 0 Å². The van der Waals surface area contributed by atoms with E-state index in [1.165, 1.54) is 28.2 Å². The highest BCUT2D eigenvalue weighted by atomic mass is 16.6. The summed E-state index contributed by atoms with van der Waals surface area (Å²) in [7, 11) is 0. The number of hydrogen-bond donors (Lipinski definition) is 1. The van der Waals surface area contributed by atoms with E-state index in [-0.39, 0.29) is 11.6 Å². The highest BCUT2D eigenvalue weighted by Crippen LogP contribution is 2.27. The summed E-state index contributed by atoms with van der Waals surface area (Å²) in [6.07, 6.45) is 0. The average molecular weight is 426 g/mol. The Morgan fingerprint density at radius 1 is 1.10 bits per heavy atom. The van der Waals surface area contributed by atoms with Crippen LogP contribution in [0.1, 0.15) is 21.5 Å². The molecule has 0 saturated carbocycles. The van der Waals surface area contributed by atoms with Gasteiger partial charge in [-0.2, -0.15) is 0 Å². The topological polar surface area (TPSA) is 80.4 Å². The van der Waals surface area contributed by atoms with Crippen LogP contribution in [0.2, 0.25) is 0 Å². The molecule has 31 heavy (non-hydrogen) atoms. The fraction of sp³-hybridized carbons (Fsp3) is 0.435. The van der Waals surface area contributed by atoms with E-state index in [1.54, 1.807) is 6.07 Å². The van der Waals surface area contributed by atoms with Crippen molar-refractivity contribution in [2.24, 2.45) is 0 Å². The van der Waals surface area contributed by atoms with Gasteiger partial charge in [0.1, 0.15) is 6.54 Å². The van der Waals surface area contributed by atoms with Gasteiger partial charge in [0.2, 0.25) is 0 Å². The van der Waals surface area contributed by atoms with Crippen molar-refractivity contribution in [1.29, 1.82) is 0 Å². The predicted molar refractivity (Wildman–Crippen MR) is 118 cm³/mol. The first-order valence-corrected chi connectivity index (χ1v) is 10.8. The van der Waals surface area contributed by atoms with Crippen LogP contribution in [-0.2, 0) is 11.3 Å². The van der Waals surface area contributed by atoms with E-state index in [0.29, 0.717) is 45.0 Å². The van der Waals surface area contributed by atoms with Crippen LogP contribution >= 0.6 is 0 Å². The Morgan fingerprint density at radius 2 is 1.81 bits per heavy atom. The number of nitro benzene ring substituents is 1. The fourth-order valence-corrected chi connectivity index (χ4v) is 4.34. The number of morpholine rings is 1. The number of piperazine rings is 1. The third-order valence-corrected chi connectivity index (χ3v) is 6.23. The second kappa shape index (κ2) is 9.45. The number of ether oxygens (including phenoxy) is 1.